The summed E-state index contributed by atoms with van der Waals surface area (Å²) in [5, 5.41) is 11.1. The minimum atomic E-state index is -0.432. The second-order valence-electron chi connectivity index (χ2n) is 5.34. The number of nitro groups is 1. The lowest BCUT2D eigenvalue weighted by Crippen LogP contribution is -2.14. The predicted octanol–water partition coefficient (Wildman–Crippen LogP) is 3.82. The van der Waals surface area contributed by atoms with Crippen LogP contribution in [-0.4, -0.2) is 17.8 Å². The van der Waals surface area contributed by atoms with Gasteiger partial charge in [0.05, 0.1) is 17.6 Å². The van der Waals surface area contributed by atoms with Gasteiger partial charge in [0.25, 0.3) is 5.69 Å². The maximum atomic E-state index is 12.6. The van der Waals surface area contributed by atoms with Gasteiger partial charge < -0.3 is 4.74 Å². The Hall–Kier alpha value is -2.95. The molecule has 5 nitrogen and oxygen atoms in total. The first kappa shape index (κ1) is 15.0. The highest BCUT2D eigenvalue weighted by molar-refractivity contribution is 6.13. The summed E-state index contributed by atoms with van der Waals surface area (Å²) >= 11 is 0. The van der Waals surface area contributed by atoms with Crippen molar-refractivity contribution >= 4 is 17.5 Å². The van der Waals surface area contributed by atoms with E-state index in [1.54, 1.807) is 43.5 Å². The molecule has 0 saturated carbocycles. The number of benzene rings is 2. The van der Waals surface area contributed by atoms with Gasteiger partial charge in [-0.05, 0) is 48.7 Å². The molecule has 0 heterocycles. The number of carbonyl (C=O) groups excluding carboxylic acids is 1. The van der Waals surface area contributed by atoms with Crippen LogP contribution in [0.5, 0.6) is 5.75 Å². The van der Waals surface area contributed by atoms with Gasteiger partial charge in [-0.2, -0.15) is 0 Å². The Labute approximate surface area is 133 Å². The number of ether oxygens (including phenoxy) is 1. The molecular weight excluding hydrogens is 294 g/mol. The van der Waals surface area contributed by atoms with Crippen molar-refractivity contribution < 1.29 is 14.5 Å². The Balaban J connectivity index is 2.00. The Morgan fingerprint density at radius 3 is 2.70 bits per heavy atom. The molecule has 0 radical (unpaired) electrons. The average molecular weight is 309 g/mol. The molecule has 0 saturated heterocycles. The molecule has 0 aromatic heterocycles. The standard InChI is InChI=1S/C18H15NO4/c1-23-15-8-9-16-12(11-15)6-7-14(18(16)20)10-13-4-2-3-5-17(13)19(21)22/h2-5,8-11H,6-7H2,1H3/b14-10-. The highest BCUT2D eigenvalue weighted by Crippen LogP contribution is 2.30. The van der Waals surface area contributed by atoms with Crippen molar-refractivity contribution in [2.45, 2.75) is 12.8 Å². The topological polar surface area (TPSA) is 69.4 Å². The van der Waals surface area contributed by atoms with Crippen molar-refractivity contribution in [2.75, 3.05) is 7.11 Å². The summed E-state index contributed by atoms with van der Waals surface area (Å²) in [6.45, 7) is 0. The number of methoxy groups -OCH3 is 1. The minimum absolute atomic E-state index is 0.00771. The molecule has 0 N–H and O–H groups in total. The van der Waals surface area contributed by atoms with E-state index in [2.05, 4.69) is 0 Å². The van der Waals surface area contributed by atoms with Crippen LogP contribution in [0.15, 0.2) is 48.0 Å². The zero-order valence-electron chi connectivity index (χ0n) is 12.6. The normalized spacial score (nSPS) is 15.3. The van der Waals surface area contributed by atoms with Crippen molar-refractivity contribution in [1.29, 1.82) is 0 Å². The number of fused-ring (bicyclic) bond motifs is 1. The van der Waals surface area contributed by atoms with E-state index >= 15 is 0 Å². The van der Waals surface area contributed by atoms with Crippen molar-refractivity contribution in [3.63, 3.8) is 0 Å². The molecule has 3 rings (SSSR count). The van der Waals surface area contributed by atoms with E-state index in [4.69, 9.17) is 4.74 Å². The first-order valence-electron chi connectivity index (χ1n) is 7.26. The van der Waals surface area contributed by atoms with E-state index in [9.17, 15) is 14.9 Å². The first-order valence-corrected chi connectivity index (χ1v) is 7.26. The molecule has 0 bridgehead atoms. The number of aryl methyl sites for hydroxylation is 1. The molecular formula is C18H15NO4. The molecule has 5 heteroatoms. The van der Waals surface area contributed by atoms with Crippen molar-refractivity contribution in [1.82, 2.24) is 0 Å². The van der Waals surface area contributed by atoms with Crippen LogP contribution < -0.4 is 4.74 Å². The van der Waals surface area contributed by atoms with Crippen molar-refractivity contribution in [3.8, 4) is 5.75 Å². The fraction of sp³-hybridized carbons (Fsp3) is 0.167. The van der Waals surface area contributed by atoms with Crippen molar-refractivity contribution in [3.05, 3.63) is 74.8 Å². The van der Waals surface area contributed by atoms with E-state index in [-0.39, 0.29) is 11.5 Å². The van der Waals surface area contributed by atoms with Crippen LogP contribution in [0, 0.1) is 10.1 Å². The minimum Gasteiger partial charge on any atom is -0.497 e. The van der Waals surface area contributed by atoms with Gasteiger partial charge in [-0.3, -0.25) is 14.9 Å². The zero-order valence-corrected chi connectivity index (χ0v) is 12.6. The molecule has 23 heavy (non-hydrogen) atoms. The van der Waals surface area contributed by atoms with Gasteiger partial charge in [0.2, 0.25) is 0 Å². The number of hydrogen-bond donors (Lipinski definition) is 0. The Bertz CT molecular complexity index is 824. The van der Waals surface area contributed by atoms with E-state index in [1.807, 2.05) is 6.07 Å². The Kier molecular flexibility index (Phi) is 3.93. The van der Waals surface area contributed by atoms with Crippen LogP contribution in [-0.2, 0) is 6.42 Å². The van der Waals surface area contributed by atoms with E-state index in [0.717, 1.165) is 11.3 Å². The molecule has 0 aliphatic heterocycles. The third-order valence-corrected chi connectivity index (χ3v) is 3.98. The van der Waals surface area contributed by atoms with Crippen LogP contribution >= 0.6 is 0 Å². The fourth-order valence-electron chi connectivity index (χ4n) is 2.78. The summed E-state index contributed by atoms with van der Waals surface area (Å²) < 4.78 is 5.18. The summed E-state index contributed by atoms with van der Waals surface area (Å²) in [6, 6.07) is 11.8. The summed E-state index contributed by atoms with van der Waals surface area (Å²) in [5.74, 6) is 0.648. The lowest BCUT2D eigenvalue weighted by Gasteiger charge is -2.18. The molecule has 2 aromatic rings. The molecule has 2 aromatic carbocycles. The second-order valence-corrected chi connectivity index (χ2v) is 5.34. The molecule has 0 atom stereocenters. The monoisotopic (exact) mass is 309 g/mol. The summed E-state index contributed by atoms with van der Waals surface area (Å²) in [6.07, 6.45) is 2.91. The number of hydrogen-bond acceptors (Lipinski definition) is 4. The van der Waals surface area contributed by atoms with Crippen LogP contribution in [0.1, 0.15) is 27.9 Å². The molecule has 1 aliphatic rings. The predicted molar refractivity (Wildman–Crippen MR) is 86.7 cm³/mol. The summed E-state index contributed by atoms with van der Waals surface area (Å²) in [7, 11) is 1.59. The quantitative estimate of drug-likeness (QED) is 0.491. The van der Waals surface area contributed by atoms with Gasteiger partial charge in [-0.25, -0.2) is 0 Å². The van der Waals surface area contributed by atoms with Gasteiger partial charge in [0.1, 0.15) is 5.75 Å². The van der Waals surface area contributed by atoms with Gasteiger partial charge in [-0.1, -0.05) is 12.1 Å². The average Bonchev–Trinajstić information content (AvgIpc) is 2.57. The van der Waals surface area contributed by atoms with Crippen LogP contribution in [0.2, 0.25) is 0 Å². The maximum Gasteiger partial charge on any atom is 0.276 e. The fourth-order valence-corrected chi connectivity index (χ4v) is 2.78. The number of carbonyl (C=O) groups is 1. The second kappa shape index (κ2) is 6.04. The molecule has 1 aliphatic carbocycles. The number of nitrogens with zero attached hydrogens (tertiary/aromatic N) is 1. The number of para-hydroxylation sites is 1. The van der Waals surface area contributed by atoms with Gasteiger partial charge in [0, 0.05) is 17.2 Å². The lowest BCUT2D eigenvalue weighted by molar-refractivity contribution is -0.385. The maximum absolute atomic E-state index is 12.6. The SMILES string of the molecule is COc1ccc2c(c1)CC/C(=C/c1ccccc1[N+](=O)[O-])C2=O. The van der Waals surface area contributed by atoms with Crippen LogP contribution in [0.4, 0.5) is 5.69 Å². The third kappa shape index (κ3) is 2.85. The molecule has 0 amide bonds. The van der Waals surface area contributed by atoms with Gasteiger partial charge in [0.15, 0.2) is 5.78 Å². The number of allylic oxidation sites excluding steroid dienone is 1. The number of Topliss-reactive ketones (excluding diaryl/α,β-unsaturated/α-hetero) is 1. The molecule has 116 valence electrons. The van der Waals surface area contributed by atoms with Crippen molar-refractivity contribution in [2.24, 2.45) is 0 Å². The highest BCUT2D eigenvalue weighted by atomic mass is 16.6. The van der Waals surface area contributed by atoms with Crippen LogP contribution in [0.25, 0.3) is 6.08 Å². The molecule has 0 unspecified atom stereocenters. The Morgan fingerprint density at radius 1 is 1.17 bits per heavy atom. The number of ketones is 1. The van der Waals surface area contributed by atoms with E-state index in [1.165, 1.54) is 6.07 Å². The van der Waals surface area contributed by atoms with E-state index < -0.39 is 4.92 Å². The van der Waals surface area contributed by atoms with Gasteiger partial charge in [-0.15, -0.1) is 0 Å². The number of nitro benzene ring substituents is 1. The first-order chi connectivity index (χ1) is 11.1. The smallest absolute Gasteiger partial charge is 0.276 e. The number of rotatable bonds is 3. The van der Waals surface area contributed by atoms with Gasteiger partial charge >= 0.3 is 0 Å². The molecule has 0 spiro atoms. The third-order valence-electron chi connectivity index (χ3n) is 3.98. The lowest BCUT2D eigenvalue weighted by atomic mass is 9.86. The largest absolute Gasteiger partial charge is 0.497 e. The summed E-state index contributed by atoms with van der Waals surface area (Å²) in [5.41, 5.74) is 2.65. The Morgan fingerprint density at radius 2 is 1.96 bits per heavy atom. The molecule has 0 fully saturated rings. The van der Waals surface area contributed by atoms with Crippen LogP contribution in [0.3, 0.4) is 0 Å². The highest BCUT2D eigenvalue weighted by Gasteiger charge is 2.23. The summed E-state index contributed by atoms with van der Waals surface area (Å²) in [4.78, 5) is 23.3. The zero-order chi connectivity index (χ0) is 16.4. The van der Waals surface area contributed by atoms with E-state index in [0.29, 0.717) is 29.5 Å².